The van der Waals surface area contributed by atoms with Crippen molar-refractivity contribution in [3.05, 3.63) is 29.8 Å². The SMILES string of the molecule is CCC(OCC1CO1)c1ccccc1O. The van der Waals surface area contributed by atoms with Gasteiger partial charge in [0.2, 0.25) is 0 Å². The quantitative estimate of drug-likeness (QED) is 0.755. The van der Waals surface area contributed by atoms with E-state index in [1.54, 1.807) is 6.07 Å². The Hall–Kier alpha value is -1.06. The van der Waals surface area contributed by atoms with Crippen LogP contribution in [-0.2, 0) is 9.47 Å². The fourth-order valence-electron chi connectivity index (χ4n) is 1.58. The number of para-hydroxylation sites is 1. The van der Waals surface area contributed by atoms with Crippen molar-refractivity contribution in [2.24, 2.45) is 0 Å². The Bertz CT molecular complexity index is 320. The molecule has 1 aliphatic rings. The van der Waals surface area contributed by atoms with Gasteiger partial charge in [0.1, 0.15) is 11.9 Å². The summed E-state index contributed by atoms with van der Waals surface area (Å²) in [5.41, 5.74) is 0.862. The molecule has 2 atom stereocenters. The van der Waals surface area contributed by atoms with E-state index in [1.165, 1.54) is 0 Å². The minimum Gasteiger partial charge on any atom is -0.508 e. The monoisotopic (exact) mass is 208 g/mol. The minimum atomic E-state index is -0.0320. The lowest BCUT2D eigenvalue weighted by Gasteiger charge is -2.16. The van der Waals surface area contributed by atoms with Crippen LogP contribution < -0.4 is 0 Å². The molecule has 15 heavy (non-hydrogen) atoms. The van der Waals surface area contributed by atoms with Gasteiger partial charge in [0.05, 0.1) is 19.3 Å². The van der Waals surface area contributed by atoms with Crippen molar-refractivity contribution in [2.45, 2.75) is 25.6 Å². The smallest absolute Gasteiger partial charge is 0.121 e. The summed E-state index contributed by atoms with van der Waals surface area (Å²) in [6.07, 6.45) is 1.09. The van der Waals surface area contributed by atoms with E-state index in [0.29, 0.717) is 12.4 Å². The van der Waals surface area contributed by atoms with E-state index in [9.17, 15) is 5.11 Å². The van der Waals surface area contributed by atoms with Crippen molar-refractivity contribution >= 4 is 0 Å². The molecule has 2 rings (SSSR count). The van der Waals surface area contributed by atoms with Crippen LogP contribution in [0.15, 0.2) is 24.3 Å². The Morgan fingerprint density at radius 3 is 2.87 bits per heavy atom. The third-order valence-electron chi connectivity index (χ3n) is 2.54. The number of ether oxygens (including phenoxy) is 2. The van der Waals surface area contributed by atoms with Gasteiger partial charge in [0.25, 0.3) is 0 Å². The zero-order chi connectivity index (χ0) is 10.7. The summed E-state index contributed by atoms with van der Waals surface area (Å²) in [7, 11) is 0. The van der Waals surface area contributed by atoms with Crippen LogP contribution in [-0.4, -0.2) is 24.4 Å². The fourth-order valence-corrected chi connectivity index (χ4v) is 1.58. The second-order valence-electron chi connectivity index (χ2n) is 3.74. The predicted octanol–water partition coefficient (Wildman–Crippen LogP) is 2.26. The molecule has 1 aromatic carbocycles. The lowest BCUT2D eigenvalue weighted by Crippen LogP contribution is -2.08. The summed E-state index contributed by atoms with van der Waals surface area (Å²) in [6.45, 7) is 3.47. The largest absolute Gasteiger partial charge is 0.508 e. The van der Waals surface area contributed by atoms with Gasteiger partial charge in [-0.1, -0.05) is 25.1 Å². The van der Waals surface area contributed by atoms with E-state index in [-0.39, 0.29) is 12.2 Å². The molecule has 1 saturated heterocycles. The molecule has 0 saturated carbocycles. The molecular weight excluding hydrogens is 192 g/mol. The van der Waals surface area contributed by atoms with Gasteiger partial charge in [-0.2, -0.15) is 0 Å². The second-order valence-corrected chi connectivity index (χ2v) is 3.74. The van der Waals surface area contributed by atoms with E-state index in [4.69, 9.17) is 9.47 Å². The topological polar surface area (TPSA) is 42.0 Å². The molecule has 2 unspecified atom stereocenters. The fraction of sp³-hybridized carbons (Fsp3) is 0.500. The lowest BCUT2D eigenvalue weighted by molar-refractivity contribution is 0.0380. The molecule has 1 aromatic rings. The summed E-state index contributed by atoms with van der Waals surface area (Å²) >= 11 is 0. The van der Waals surface area contributed by atoms with Gasteiger partial charge in [-0.05, 0) is 12.5 Å². The number of aromatic hydroxyl groups is 1. The maximum absolute atomic E-state index is 9.68. The van der Waals surface area contributed by atoms with Crippen LogP contribution >= 0.6 is 0 Å². The van der Waals surface area contributed by atoms with E-state index >= 15 is 0 Å². The summed E-state index contributed by atoms with van der Waals surface area (Å²) in [4.78, 5) is 0. The van der Waals surface area contributed by atoms with Crippen LogP contribution in [0.2, 0.25) is 0 Å². The molecule has 3 nitrogen and oxygen atoms in total. The van der Waals surface area contributed by atoms with Crippen molar-refractivity contribution in [1.82, 2.24) is 0 Å². The normalized spacial score (nSPS) is 21.3. The molecule has 0 aliphatic carbocycles. The van der Waals surface area contributed by atoms with Crippen molar-refractivity contribution in [3.8, 4) is 5.75 Å². The number of phenolic OH excluding ortho intramolecular Hbond substituents is 1. The van der Waals surface area contributed by atoms with Crippen LogP contribution in [0.5, 0.6) is 5.75 Å². The van der Waals surface area contributed by atoms with Crippen LogP contribution in [0.1, 0.15) is 25.0 Å². The van der Waals surface area contributed by atoms with Crippen LogP contribution in [0.3, 0.4) is 0 Å². The maximum Gasteiger partial charge on any atom is 0.121 e. The van der Waals surface area contributed by atoms with Crippen LogP contribution in [0.25, 0.3) is 0 Å². The zero-order valence-electron chi connectivity index (χ0n) is 8.85. The van der Waals surface area contributed by atoms with Gasteiger partial charge in [0, 0.05) is 5.56 Å². The number of epoxide rings is 1. The van der Waals surface area contributed by atoms with Crippen LogP contribution in [0.4, 0.5) is 0 Å². The molecule has 0 amide bonds. The molecule has 82 valence electrons. The summed E-state index contributed by atoms with van der Waals surface area (Å²) in [6, 6.07) is 7.32. The highest BCUT2D eigenvalue weighted by Gasteiger charge is 2.24. The van der Waals surface area contributed by atoms with E-state index in [1.807, 2.05) is 25.1 Å². The Labute approximate surface area is 89.6 Å². The predicted molar refractivity (Wildman–Crippen MR) is 56.8 cm³/mol. The first-order valence-electron chi connectivity index (χ1n) is 5.32. The number of hydrogen-bond donors (Lipinski definition) is 1. The van der Waals surface area contributed by atoms with Crippen molar-refractivity contribution in [1.29, 1.82) is 0 Å². The second kappa shape index (κ2) is 4.64. The zero-order valence-corrected chi connectivity index (χ0v) is 8.85. The summed E-state index contributed by atoms with van der Waals surface area (Å²) in [5.74, 6) is 0.307. The highest BCUT2D eigenvalue weighted by molar-refractivity contribution is 5.33. The van der Waals surface area contributed by atoms with Gasteiger partial charge in [-0.15, -0.1) is 0 Å². The van der Waals surface area contributed by atoms with Gasteiger partial charge in [0.15, 0.2) is 0 Å². The molecule has 1 N–H and O–H groups in total. The Morgan fingerprint density at radius 2 is 2.27 bits per heavy atom. The minimum absolute atomic E-state index is 0.0320. The standard InChI is InChI=1S/C12H16O3/c1-2-12(15-8-9-7-14-9)10-5-3-4-6-11(10)13/h3-6,9,12-13H,2,7-8H2,1H3. The molecule has 1 heterocycles. The van der Waals surface area contributed by atoms with E-state index in [2.05, 4.69) is 0 Å². The average Bonchev–Trinajstić information content (AvgIpc) is 3.05. The molecule has 1 aliphatic heterocycles. The molecule has 0 bridgehead atoms. The first-order chi connectivity index (χ1) is 7.31. The lowest BCUT2D eigenvalue weighted by atomic mass is 10.1. The van der Waals surface area contributed by atoms with Crippen molar-refractivity contribution in [2.75, 3.05) is 13.2 Å². The highest BCUT2D eigenvalue weighted by atomic mass is 16.6. The average molecular weight is 208 g/mol. The molecule has 3 heteroatoms. The molecular formula is C12H16O3. The van der Waals surface area contributed by atoms with Gasteiger partial charge in [-0.3, -0.25) is 0 Å². The number of rotatable bonds is 5. The van der Waals surface area contributed by atoms with E-state index in [0.717, 1.165) is 18.6 Å². The Balaban J connectivity index is 2.00. The third kappa shape index (κ3) is 2.70. The van der Waals surface area contributed by atoms with Crippen LogP contribution in [0, 0.1) is 0 Å². The van der Waals surface area contributed by atoms with Gasteiger partial charge >= 0.3 is 0 Å². The Morgan fingerprint density at radius 1 is 1.53 bits per heavy atom. The first kappa shape index (κ1) is 10.5. The number of phenols is 1. The van der Waals surface area contributed by atoms with Crippen molar-refractivity contribution < 1.29 is 14.6 Å². The van der Waals surface area contributed by atoms with E-state index < -0.39 is 0 Å². The molecule has 0 aromatic heterocycles. The maximum atomic E-state index is 9.68. The summed E-state index contributed by atoms with van der Waals surface area (Å²) < 4.78 is 10.8. The Kier molecular flexibility index (Phi) is 3.23. The van der Waals surface area contributed by atoms with Gasteiger partial charge in [-0.25, -0.2) is 0 Å². The summed E-state index contributed by atoms with van der Waals surface area (Å²) in [5, 5.41) is 9.68. The molecule has 0 radical (unpaired) electrons. The molecule has 0 spiro atoms. The molecule has 1 fully saturated rings. The van der Waals surface area contributed by atoms with Gasteiger partial charge < -0.3 is 14.6 Å². The van der Waals surface area contributed by atoms with Crippen molar-refractivity contribution in [3.63, 3.8) is 0 Å². The first-order valence-corrected chi connectivity index (χ1v) is 5.32. The third-order valence-corrected chi connectivity index (χ3v) is 2.54. The number of hydrogen-bond acceptors (Lipinski definition) is 3. The number of benzene rings is 1. The highest BCUT2D eigenvalue weighted by Crippen LogP contribution is 2.29.